The monoisotopic (exact) mass is 444 g/mol. The van der Waals surface area contributed by atoms with Gasteiger partial charge in [0.1, 0.15) is 12.4 Å². The van der Waals surface area contributed by atoms with Gasteiger partial charge in [-0.1, -0.05) is 48.0 Å². The molecule has 3 amide bonds. The van der Waals surface area contributed by atoms with E-state index in [2.05, 4.69) is 10.4 Å². The van der Waals surface area contributed by atoms with E-state index in [1.807, 2.05) is 32.9 Å². The minimum Gasteiger partial charge on any atom is -0.333 e. The molecule has 0 aromatic heterocycles. The third-order valence-corrected chi connectivity index (χ3v) is 5.15. The predicted molar refractivity (Wildman–Crippen MR) is 120 cm³/mol. The van der Waals surface area contributed by atoms with Crippen molar-refractivity contribution < 1.29 is 14.0 Å². The highest BCUT2D eigenvalue weighted by Crippen LogP contribution is 2.35. The summed E-state index contributed by atoms with van der Waals surface area (Å²) in [5.41, 5.74) is 1.21. The minimum absolute atomic E-state index is 0.202. The summed E-state index contributed by atoms with van der Waals surface area (Å²) in [7, 11) is 1.53. The second-order valence-electron chi connectivity index (χ2n) is 8.54. The smallest absolute Gasteiger partial charge is 0.318 e. The van der Waals surface area contributed by atoms with Crippen molar-refractivity contribution in [3.05, 3.63) is 70.5 Å². The molecule has 164 valence electrons. The molecule has 0 unspecified atom stereocenters. The largest absolute Gasteiger partial charge is 0.333 e. The molecule has 0 saturated carbocycles. The van der Waals surface area contributed by atoms with Crippen LogP contribution in [0.25, 0.3) is 0 Å². The van der Waals surface area contributed by atoms with E-state index < -0.39 is 23.3 Å². The molecule has 1 heterocycles. The van der Waals surface area contributed by atoms with Gasteiger partial charge >= 0.3 is 6.03 Å². The molecule has 8 heteroatoms. The fourth-order valence-electron chi connectivity index (χ4n) is 3.35. The zero-order valence-electron chi connectivity index (χ0n) is 18.0. The summed E-state index contributed by atoms with van der Waals surface area (Å²) in [6.45, 7) is 5.37. The SMILES string of the molecule is CN(CC(=O)N1N=C(c2ccccc2Cl)C[C@H]1c1ccccc1F)C(=O)NC(C)(C)C. The number of halogens is 2. The Bertz CT molecular complexity index is 1020. The molecule has 0 radical (unpaired) electrons. The van der Waals surface area contributed by atoms with Crippen LogP contribution in [-0.4, -0.2) is 46.7 Å². The van der Waals surface area contributed by atoms with Crippen molar-refractivity contribution in [2.24, 2.45) is 5.10 Å². The standard InChI is InChI=1S/C23H26ClFN4O2/c1-23(2,3)26-22(31)28(4)14-21(30)29-20(16-10-6-8-12-18(16)25)13-19(27-29)15-9-5-7-11-17(15)24/h5-12,20H,13-14H2,1-4H3,(H,26,31)/t20-/m0/s1. The van der Waals surface area contributed by atoms with Crippen LogP contribution in [0.4, 0.5) is 9.18 Å². The van der Waals surface area contributed by atoms with Crippen LogP contribution in [0.3, 0.4) is 0 Å². The van der Waals surface area contributed by atoms with Crippen LogP contribution < -0.4 is 5.32 Å². The molecule has 6 nitrogen and oxygen atoms in total. The first-order valence-electron chi connectivity index (χ1n) is 9.99. The van der Waals surface area contributed by atoms with Crippen LogP contribution in [0.15, 0.2) is 53.6 Å². The van der Waals surface area contributed by atoms with Gasteiger partial charge in [0.25, 0.3) is 5.91 Å². The van der Waals surface area contributed by atoms with E-state index in [-0.39, 0.29) is 12.6 Å². The molecule has 1 atom stereocenters. The van der Waals surface area contributed by atoms with E-state index in [4.69, 9.17) is 11.6 Å². The van der Waals surface area contributed by atoms with Crippen LogP contribution in [0.2, 0.25) is 5.02 Å². The highest BCUT2D eigenvalue weighted by atomic mass is 35.5. The van der Waals surface area contributed by atoms with E-state index in [0.29, 0.717) is 28.3 Å². The van der Waals surface area contributed by atoms with Crippen molar-refractivity contribution in [3.8, 4) is 0 Å². The third-order valence-electron chi connectivity index (χ3n) is 4.82. The number of amides is 3. The molecule has 3 rings (SSSR count). The maximum atomic E-state index is 14.6. The first-order valence-corrected chi connectivity index (χ1v) is 10.4. The third kappa shape index (κ3) is 5.41. The summed E-state index contributed by atoms with van der Waals surface area (Å²) >= 11 is 6.32. The number of benzene rings is 2. The summed E-state index contributed by atoms with van der Waals surface area (Å²) in [6, 6.07) is 12.5. The molecule has 2 aromatic rings. The van der Waals surface area contributed by atoms with Gasteiger partial charge in [-0.05, 0) is 32.9 Å². The fourth-order valence-corrected chi connectivity index (χ4v) is 3.59. The van der Waals surface area contributed by atoms with Crippen molar-refractivity contribution in [3.63, 3.8) is 0 Å². The number of hydrazone groups is 1. The lowest BCUT2D eigenvalue weighted by Crippen LogP contribution is -2.49. The van der Waals surface area contributed by atoms with Crippen LogP contribution in [0, 0.1) is 5.82 Å². The number of carbonyl (C=O) groups is 2. The quantitative estimate of drug-likeness (QED) is 0.749. The summed E-state index contributed by atoms with van der Waals surface area (Å²) < 4.78 is 14.6. The summed E-state index contributed by atoms with van der Waals surface area (Å²) in [6.07, 6.45) is 0.314. The van der Waals surface area contributed by atoms with E-state index in [1.54, 1.807) is 30.3 Å². The molecule has 1 aliphatic heterocycles. The van der Waals surface area contributed by atoms with Gasteiger partial charge in [0.15, 0.2) is 0 Å². The van der Waals surface area contributed by atoms with Gasteiger partial charge in [-0.25, -0.2) is 14.2 Å². The van der Waals surface area contributed by atoms with Crippen LogP contribution in [0.5, 0.6) is 0 Å². The Labute approximate surface area is 186 Å². The molecule has 0 bridgehead atoms. The Kier molecular flexibility index (Phi) is 6.65. The molecule has 1 aliphatic rings. The number of likely N-dealkylation sites (N-methyl/N-ethyl adjacent to an activating group) is 1. The number of nitrogens with one attached hydrogen (secondary N) is 1. The van der Waals surface area contributed by atoms with Crippen LogP contribution in [-0.2, 0) is 4.79 Å². The van der Waals surface area contributed by atoms with Crippen molar-refractivity contribution in [1.29, 1.82) is 0 Å². The maximum Gasteiger partial charge on any atom is 0.318 e. The molecule has 0 saturated heterocycles. The van der Waals surface area contributed by atoms with E-state index in [9.17, 15) is 14.0 Å². The molecular weight excluding hydrogens is 419 g/mol. The molecule has 0 spiro atoms. The summed E-state index contributed by atoms with van der Waals surface area (Å²) in [5, 5.41) is 9.07. The van der Waals surface area contributed by atoms with Gasteiger partial charge in [0.2, 0.25) is 0 Å². The van der Waals surface area contributed by atoms with Gasteiger partial charge < -0.3 is 10.2 Å². The number of carbonyl (C=O) groups excluding carboxylic acids is 2. The van der Waals surface area contributed by atoms with Crippen molar-refractivity contribution in [1.82, 2.24) is 15.2 Å². The van der Waals surface area contributed by atoms with E-state index >= 15 is 0 Å². The lowest BCUT2D eigenvalue weighted by molar-refractivity contribution is -0.133. The lowest BCUT2D eigenvalue weighted by atomic mass is 9.98. The number of hydrogen-bond acceptors (Lipinski definition) is 3. The Balaban J connectivity index is 1.89. The second-order valence-corrected chi connectivity index (χ2v) is 8.95. The molecular formula is C23H26ClFN4O2. The Morgan fingerprint density at radius 3 is 2.48 bits per heavy atom. The minimum atomic E-state index is -0.626. The number of hydrogen-bond donors (Lipinski definition) is 1. The van der Waals surface area contributed by atoms with Gasteiger partial charge in [0.05, 0.1) is 11.8 Å². The highest BCUT2D eigenvalue weighted by Gasteiger charge is 2.35. The van der Waals surface area contributed by atoms with Gasteiger partial charge in [0, 0.05) is 35.2 Å². The average Bonchev–Trinajstić information content (AvgIpc) is 3.12. The summed E-state index contributed by atoms with van der Waals surface area (Å²) in [5.74, 6) is -0.832. The number of nitrogens with zero attached hydrogens (tertiary/aromatic N) is 3. The maximum absolute atomic E-state index is 14.6. The molecule has 31 heavy (non-hydrogen) atoms. The second kappa shape index (κ2) is 9.06. The Morgan fingerprint density at radius 1 is 1.19 bits per heavy atom. The van der Waals surface area contributed by atoms with Crippen molar-refractivity contribution >= 4 is 29.3 Å². The molecule has 2 aromatic carbocycles. The van der Waals surface area contributed by atoms with Gasteiger partial charge in [-0.3, -0.25) is 4.79 Å². The normalized spacial score (nSPS) is 16.1. The molecule has 0 fully saturated rings. The summed E-state index contributed by atoms with van der Waals surface area (Å²) in [4.78, 5) is 26.8. The van der Waals surface area contributed by atoms with E-state index in [1.165, 1.54) is 23.0 Å². The molecule has 0 aliphatic carbocycles. The van der Waals surface area contributed by atoms with Crippen LogP contribution in [0.1, 0.15) is 44.4 Å². The fraction of sp³-hybridized carbons (Fsp3) is 0.348. The number of urea groups is 1. The van der Waals surface area contributed by atoms with E-state index in [0.717, 1.165) is 0 Å². The average molecular weight is 445 g/mol. The highest BCUT2D eigenvalue weighted by molar-refractivity contribution is 6.34. The first-order chi connectivity index (χ1) is 14.6. The zero-order chi connectivity index (χ0) is 22.8. The Hall–Kier alpha value is -2.93. The first kappa shape index (κ1) is 22.7. The molecule has 1 N–H and O–H groups in total. The predicted octanol–water partition coefficient (Wildman–Crippen LogP) is 4.60. The van der Waals surface area contributed by atoms with Gasteiger partial charge in [-0.15, -0.1) is 0 Å². The lowest BCUT2D eigenvalue weighted by Gasteiger charge is -2.28. The van der Waals surface area contributed by atoms with Crippen molar-refractivity contribution in [2.45, 2.75) is 38.8 Å². The van der Waals surface area contributed by atoms with Crippen LogP contribution >= 0.6 is 11.6 Å². The van der Waals surface area contributed by atoms with Crippen molar-refractivity contribution in [2.75, 3.05) is 13.6 Å². The topological polar surface area (TPSA) is 65.0 Å². The number of rotatable bonds is 4. The Morgan fingerprint density at radius 2 is 1.84 bits per heavy atom. The zero-order valence-corrected chi connectivity index (χ0v) is 18.8. The van der Waals surface area contributed by atoms with Gasteiger partial charge in [-0.2, -0.15) is 5.10 Å².